The minimum Gasteiger partial charge on any atom is -0.480 e. The van der Waals surface area contributed by atoms with Gasteiger partial charge in [-0.25, -0.2) is 0 Å². The molecule has 0 unspecified atom stereocenters. The summed E-state index contributed by atoms with van der Waals surface area (Å²) in [4.78, 5) is 13.2. The van der Waals surface area contributed by atoms with Crippen LogP contribution in [0.3, 0.4) is 0 Å². The maximum Gasteiger partial charge on any atom is 0.323 e. The van der Waals surface area contributed by atoms with E-state index in [-0.39, 0.29) is 6.54 Å². The molecule has 1 aliphatic rings. The number of carbonyl (C=O) groups is 1. The van der Waals surface area contributed by atoms with Gasteiger partial charge < -0.3 is 10.0 Å². The summed E-state index contributed by atoms with van der Waals surface area (Å²) in [5.74, 6) is -0.774. The van der Waals surface area contributed by atoms with E-state index in [4.69, 9.17) is 5.11 Å². The third kappa shape index (κ3) is 2.42. The Labute approximate surface area is 115 Å². The van der Waals surface area contributed by atoms with Crippen LogP contribution in [0.15, 0.2) is 24.3 Å². The van der Waals surface area contributed by atoms with Crippen molar-refractivity contribution in [1.82, 2.24) is 4.37 Å². The van der Waals surface area contributed by atoms with Gasteiger partial charge in [0.15, 0.2) is 0 Å². The van der Waals surface area contributed by atoms with Gasteiger partial charge in [-0.1, -0.05) is 25.0 Å². The van der Waals surface area contributed by atoms with E-state index in [0.717, 1.165) is 28.7 Å². The van der Waals surface area contributed by atoms with Crippen molar-refractivity contribution in [2.45, 2.75) is 31.7 Å². The molecule has 0 aliphatic heterocycles. The highest BCUT2D eigenvalue weighted by atomic mass is 32.1. The number of hydrogen-bond acceptors (Lipinski definition) is 4. The number of fused-ring (bicyclic) bond motifs is 1. The first-order valence-corrected chi connectivity index (χ1v) is 7.36. The maximum absolute atomic E-state index is 11.1. The summed E-state index contributed by atoms with van der Waals surface area (Å²) in [6.45, 7) is 0.0663. The summed E-state index contributed by atoms with van der Waals surface area (Å²) >= 11 is 1.41. The van der Waals surface area contributed by atoms with Gasteiger partial charge in [0.05, 0.1) is 5.52 Å². The second-order valence-corrected chi connectivity index (χ2v) is 5.72. The van der Waals surface area contributed by atoms with Crippen molar-refractivity contribution in [3.05, 3.63) is 24.3 Å². The van der Waals surface area contributed by atoms with E-state index in [1.165, 1.54) is 24.4 Å². The number of benzene rings is 1. The Bertz CT molecular complexity index is 590. The molecule has 0 saturated heterocycles. The number of hydrogen-bond donors (Lipinski definition) is 1. The number of carboxylic acid groups (broad SMARTS) is 1. The molecular weight excluding hydrogens is 260 g/mol. The normalized spacial score (nSPS) is 16.0. The number of aromatic nitrogens is 1. The molecule has 1 fully saturated rings. The van der Waals surface area contributed by atoms with Gasteiger partial charge in [-0.05, 0) is 36.5 Å². The molecule has 1 heterocycles. The second-order valence-electron chi connectivity index (χ2n) is 4.96. The fourth-order valence-corrected chi connectivity index (χ4v) is 3.74. The van der Waals surface area contributed by atoms with Crippen molar-refractivity contribution in [3.8, 4) is 0 Å². The van der Waals surface area contributed by atoms with Crippen LogP contribution < -0.4 is 4.90 Å². The summed E-state index contributed by atoms with van der Waals surface area (Å²) in [6, 6.07) is 8.29. The Morgan fingerprint density at radius 1 is 1.37 bits per heavy atom. The van der Waals surface area contributed by atoms with Crippen LogP contribution in [0.5, 0.6) is 0 Å². The van der Waals surface area contributed by atoms with Gasteiger partial charge in [-0.3, -0.25) is 4.79 Å². The largest absolute Gasteiger partial charge is 0.480 e. The van der Waals surface area contributed by atoms with E-state index < -0.39 is 5.97 Å². The predicted molar refractivity (Wildman–Crippen MR) is 76.9 cm³/mol. The summed E-state index contributed by atoms with van der Waals surface area (Å²) in [5, 5.41) is 11.2. The first-order chi connectivity index (χ1) is 9.25. The van der Waals surface area contributed by atoms with E-state index in [0.29, 0.717) is 6.04 Å². The van der Waals surface area contributed by atoms with Crippen molar-refractivity contribution < 1.29 is 9.90 Å². The van der Waals surface area contributed by atoms with Crippen LogP contribution in [0.4, 0.5) is 5.00 Å². The minimum atomic E-state index is -0.774. The van der Waals surface area contributed by atoms with Gasteiger partial charge >= 0.3 is 5.97 Å². The molecule has 2 aromatic rings. The molecule has 0 atom stereocenters. The molecule has 100 valence electrons. The molecule has 1 saturated carbocycles. The first kappa shape index (κ1) is 12.4. The number of nitrogens with zero attached hydrogens (tertiary/aromatic N) is 2. The van der Waals surface area contributed by atoms with Crippen LogP contribution in [0.25, 0.3) is 10.9 Å². The Balaban J connectivity index is 2.00. The molecule has 5 heteroatoms. The lowest BCUT2D eigenvalue weighted by molar-refractivity contribution is -0.135. The zero-order valence-corrected chi connectivity index (χ0v) is 11.4. The fraction of sp³-hybridized carbons (Fsp3) is 0.429. The summed E-state index contributed by atoms with van der Waals surface area (Å²) < 4.78 is 4.43. The Morgan fingerprint density at radius 3 is 2.84 bits per heavy atom. The molecule has 1 aliphatic carbocycles. The molecule has 0 spiro atoms. The Morgan fingerprint density at radius 2 is 2.11 bits per heavy atom. The molecule has 0 bridgehead atoms. The summed E-state index contributed by atoms with van der Waals surface area (Å²) in [6.07, 6.45) is 4.55. The molecule has 1 aromatic heterocycles. The molecule has 4 nitrogen and oxygen atoms in total. The third-order valence-corrected chi connectivity index (χ3v) is 4.61. The average Bonchev–Trinajstić information content (AvgIpc) is 3.05. The van der Waals surface area contributed by atoms with Gasteiger partial charge in [0.2, 0.25) is 0 Å². The number of rotatable bonds is 4. The van der Waals surface area contributed by atoms with E-state index in [1.807, 2.05) is 29.2 Å². The lowest BCUT2D eigenvalue weighted by Crippen LogP contribution is -2.37. The van der Waals surface area contributed by atoms with Gasteiger partial charge in [-0.2, -0.15) is 4.37 Å². The van der Waals surface area contributed by atoms with Crippen LogP contribution in [-0.4, -0.2) is 28.0 Å². The standard InChI is InChI=1S/C14H16N2O2S/c17-13(18)9-16(10-5-1-2-6-10)14-11-7-3-4-8-12(11)15-19-14/h3-4,7-8,10H,1-2,5-6,9H2,(H,17,18). The Kier molecular flexibility index (Phi) is 3.38. The van der Waals surface area contributed by atoms with Crippen LogP contribution in [-0.2, 0) is 4.79 Å². The van der Waals surface area contributed by atoms with Gasteiger partial charge in [0.25, 0.3) is 0 Å². The molecule has 0 amide bonds. The topological polar surface area (TPSA) is 53.4 Å². The van der Waals surface area contributed by atoms with Crippen LogP contribution >= 0.6 is 11.5 Å². The second kappa shape index (κ2) is 5.17. The SMILES string of the molecule is O=C(O)CN(c1snc2ccccc12)C1CCCC1. The van der Waals surface area contributed by atoms with Crippen molar-refractivity contribution in [1.29, 1.82) is 0 Å². The van der Waals surface area contributed by atoms with E-state index in [2.05, 4.69) is 4.37 Å². The van der Waals surface area contributed by atoms with Crippen molar-refractivity contribution >= 4 is 33.4 Å². The van der Waals surface area contributed by atoms with E-state index in [1.54, 1.807) is 0 Å². The highest BCUT2D eigenvalue weighted by Crippen LogP contribution is 2.36. The fourth-order valence-electron chi connectivity index (χ4n) is 2.81. The zero-order valence-electron chi connectivity index (χ0n) is 10.6. The van der Waals surface area contributed by atoms with Gasteiger partial charge in [0, 0.05) is 11.4 Å². The highest BCUT2D eigenvalue weighted by Gasteiger charge is 2.27. The zero-order chi connectivity index (χ0) is 13.2. The molecule has 0 radical (unpaired) electrons. The molecular formula is C14H16N2O2S. The van der Waals surface area contributed by atoms with Crippen LogP contribution in [0.1, 0.15) is 25.7 Å². The van der Waals surface area contributed by atoms with Gasteiger partial charge in [-0.15, -0.1) is 0 Å². The monoisotopic (exact) mass is 276 g/mol. The highest BCUT2D eigenvalue weighted by molar-refractivity contribution is 7.11. The molecule has 1 aromatic carbocycles. The summed E-state index contributed by atoms with van der Waals surface area (Å²) in [5.41, 5.74) is 0.955. The lowest BCUT2D eigenvalue weighted by atomic mass is 10.2. The molecule has 19 heavy (non-hydrogen) atoms. The van der Waals surface area contributed by atoms with E-state index >= 15 is 0 Å². The van der Waals surface area contributed by atoms with Gasteiger partial charge in [0.1, 0.15) is 11.5 Å². The number of anilines is 1. The van der Waals surface area contributed by atoms with Crippen molar-refractivity contribution in [2.75, 3.05) is 11.4 Å². The van der Waals surface area contributed by atoms with Crippen molar-refractivity contribution in [3.63, 3.8) is 0 Å². The predicted octanol–water partition coefficient (Wildman–Crippen LogP) is 3.13. The maximum atomic E-state index is 11.1. The Hall–Kier alpha value is -1.62. The minimum absolute atomic E-state index is 0.0663. The average molecular weight is 276 g/mol. The quantitative estimate of drug-likeness (QED) is 0.932. The number of aliphatic carboxylic acids is 1. The first-order valence-electron chi connectivity index (χ1n) is 6.58. The molecule has 3 rings (SSSR count). The van der Waals surface area contributed by atoms with Crippen LogP contribution in [0, 0.1) is 0 Å². The van der Waals surface area contributed by atoms with E-state index in [9.17, 15) is 4.79 Å². The molecule has 1 N–H and O–H groups in total. The number of carboxylic acids is 1. The smallest absolute Gasteiger partial charge is 0.323 e. The van der Waals surface area contributed by atoms with Crippen LogP contribution in [0.2, 0.25) is 0 Å². The van der Waals surface area contributed by atoms with Crippen molar-refractivity contribution in [2.24, 2.45) is 0 Å². The third-order valence-electron chi connectivity index (χ3n) is 3.70. The summed E-state index contributed by atoms with van der Waals surface area (Å²) in [7, 11) is 0. The lowest BCUT2D eigenvalue weighted by Gasteiger charge is -2.27.